The van der Waals surface area contributed by atoms with E-state index in [1.54, 1.807) is 0 Å². The zero-order valence-electron chi connectivity index (χ0n) is 17.8. The number of hydrogen-bond donors (Lipinski definition) is 1. The van der Waals surface area contributed by atoms with Crippen LogP contribution in [-0.4, -0.2) is 65.3 Å². The SMILES string of the molecule is CC1(C)CC(CNc2ccccn2)(N2CCN(Cc3ccccc3)CC2)CCO1. The maximum atomic E-state index is 6.08. The molecule has 2 aromatic rings. The standard InChI is InChI=1S/C24H34N4O/c1-23(2)19-24(11-17-29-23,20-26-22-10-6-7-12-25-22)28-15-13-27(14-16-28)18-21-8-4-3-5-9-21/h3-10,12H,11,13-20H2,1-2H3,(H,25,26). The molecule has 3 heterocycles. The molecule has 1 aromatic carbocycles. The summed E-state index contributed by atoms with van der Waals surface area (Å²) < 4.78 is 6.08. The highest BCUT2D eigenvalue weighted by molar-refractivity contribution is 5.34. The van der Waals surface area contributed by atoms with E-state index in [1.807, 2.05) is 18.3 Å². The molecule has 5 heteroatoms. The quantitative estimate of drug-likeness (QED) is 0.810. The first-order chi connectivity index (χ1) is 14.0. The highest BCUT2D eigenvalue weighted by Crippen LogP contribution is 2.37. The van der Waals surface area contributed by atoms with Gasteiger partial charge in [-0.2, -0.15) is 0 Å². The number of nitrogens with zero attached hydrogens (tertiary/aromatic N) is 3. The molecule has 1 atom stereocenters. The molecule has 0 amide bonds. The summed E-state index contributed by atoms with van der Waals surface area (Å²) in [5.41, 5.74) is 1.42. The van der Waals surface area contributed by atoms with Gasteiger partial charge in [-0.1, -0.05) is 36.4 Å². The number of aromatic nitrogens is 1. The van der Waals surface area contributed by atoms with E-state index in [2.05, 4.69) is 70.3 Å². The van der Waals surface area contributed by atoms with Gasteiger partial charge in [-0.25, -0.2) is 4.98 Å². The van der Waals surface area contributed by atoms with Crippen LogP contribution in [0.5, 0.6) is 0 Å². The number of rotatable bonds is 6. The second-order valence-electron chi connectivity index (χ2n) is 9.08. The highest BCUT2D eigenvalue weighted by atomic mass is 16.5. The molecule has 0 bridgehead atoms. The second-order valence-corrected chi connectivity index (χ2v) is 9.08. The van der Waals surface area contributed by atoms with Crippen molar-refractivity contribution < 1.29 is 4.74 Å². The van der Waals surface area contributed by atoms with Crippen molar-refractivity contribution in [2.75, 3.05) is 44.6 Å². The van der Waals surface area contributed by atoms with Crippen LogP contribution in [0.4, 0.5) is 5.82 Å². The van der Waals surface area contributed by atoms with Gasteiger partial charge < -0.3 is 10.1 Å². The number of ether oxygens (including phenoxy) is 1. The van der Waals surface area contributed by atoms with Crippen molar-refractivity contribution in [2.24, 2.45) is 0 Å². The van der Waals surface area contributed by atoms with Gasteiger partial charge in [0, 0.05) is 57.6 Å². The molecule has 2 aliphatic rings. The van der Waals surface area contributed by atoms with Gasteiger partial charge in [0.1, 0.15) is 5.82 Å². The van der Waals surface area contributed by atoms with Crippen molar-refractivity contribution in [1.82, 2.24) is 14.8 Å². The Morgan fingerprint density at radius 2 is 1.76 bits per heavy atom. The third-order valence-electron chi connectivity index (χ3n) is 6.37. The van der Waals surface area contributed by atoms with Crippen LogP contribution in [0.25, 0.3) is 0 Å². The largest absolute Gasteiger partial charge is 0.375 e. The lowest BCUT2D eigenvalue weighted by molar-refractivity contribution is -0.123. The molecule has 4 rings (SSSR count). The van der Waals surface area contributed by atoms with E-state index in [-0.39, 0.29) is 11.1 Å². The maximum absolute atomic E-state index is 6.08. The van der Waals surface area contributed by atoms with Crippen LogP contribution in [0.3, 0.4) is 0 Å². The molecule has 2 aliphatic heterocycles. The van der Waals surface area contributed by atoms with E-state index in [4.69, 9.17) is 4.74 Å². The fourth-order valence-electron chi connectivity index (χ4n) is 4.93. The van der Waals surface area contributed by atoms with E-state index in [1.165, 1.54) is 5.56 Å². The molecule has 2 saturated heterocycles. The lowest BCUT2D eigenvalue weighted by Gasteiger charge is -2.53. The lowest BCUT2D eigenvalue weighted by Crippen LogP contribution is -2.64. The molecular formula is C24H34N4O. The minimum absolute atomic E-state index is 0.0920. The molecular weight excluding hydrogens is 360 g/mol. The number of nitrogens with one attached hydrogen (secondary N) is 1. The van der Waals surface area contributed by atoms with Crippen LogP contribution in [0.1, 0.15) is 32.3 Å². The summed E-state index contributed by atoms with van der Waals surface area (Å²) in [6.07, 6.45) is 3.96. The first kappa shape index (κ1) is 20.3. The number of hydrogen-bond acceptors (Lipinski definition) is 5. The maximum Gasteiger partial charge on any atom is 0.125 e. The van der Waals surface area contributed by atoms with Crippen LogP contribution in [0, 0.1) is 0 Å². The van der Waals surface area contributed by atoms with Crippen LogP contribution in [0.15, 0.2) is 54.7 Å². The fraction of sp³-hybridized carbons (Fsp3) is 0.542. The highest BCUT2D eigenvalue weighted by Gasteiger charge is 2.45. The van der Waals surface area contributed by atoms with Gasteiger partial charge in [0.2, 0.25) is 0 Å². The van der Waals surface area contributed by atoms with Gasteiger partial charge in [-0.3, -0.25) is 9.80 Å². The molecule has 29 heavy (non-hydrogen) atoms. The zero-order valence-corrected chi connectivity index (χ0v) is 17.8. The van der Waals surface area contributed by atoms with Crippen molar-refractivity contribution in [3.05, 3.63) is 60.3 Å². The topological polar surface area (TPSA) is 40.6 Å². The third-order valence-corrected chi connectivity index (χ3v) is 6.37. The molecule has 0 saturated carbocycles. The van der Waals surface area contributed by atoms with Gasteiger partial charge >= 0.3 is 0 Å². The average molecular weight is 395 g/mol. The minimum atomic E-state index is -0.0920. The third kappa shape index (κ3) is 5.16. The first-order valence-corrected chi connectivity index (χ1v) is 10.9. The van der Waals surface area contributed by atoms with E-state index in [0.29, 0.717) is 0 Å². The van der Waals surface area contributed by atoms with Crippen LogP contribution < -0.4 is 5.32 Å². The number of pyridine rings is 1. The van der Waals surface area contributed by atoms with E-state index >= 15 is 0 Å². The van der Waals surface area contributed by atoms with Gasteiger partial charge in [-0.15, -0.1) is 0 Å². The molecule has 0 aliphatic carbocycles. The van der Waals surface area contributed by atoms with Gasteiger partial charge in [0.05, 0.1) is 5.60 Å². The Morgan fingerprint density at radius 3 is 2.45 bits per heavy atom. The summed E-state index contributed by atoms with van der Waals surface area (Å²) in [7, 11) is 0. The smallest absolute Gasteiger partial charge is 0.125 e. The van der Waals surface area contributed by atoms with Gasteiger partial charge in [0.25, 0.3) is 0 Å². The molecule has 2 fully saturated rings. The van der Waals surface area contributed by atoms with E-state index < -0.39 is 0 Å². The zero-order chi connectivity index (χ0) is 20.2. The normalized spacial score (nSPS) is 25.6. The van der Waals surface area contributed by atoms with Crippen molar-refractivity contribution in [1.29, 1.82) is 0 Å². The van der Waals surface area contributed by atoms with E-state index in [9.17, 15) is 0 Å². The molecule has 1 unspecified atom stereocenters. The molecule has 156 valence electrons. The number of benzene rings is 1. The summed E-state index contributed by atoms with van der Waals surface area (Å²) in [5, 5.41) is 3.62. The van der Waals surface area contributed by atoms with Crippen LogP contribution in [0.2, 0.25) is 0 Å². The predicted octanol–water partition coefficient (Wildman–Crippen LogP) is 3.64. The molecule has 1 aromatic heterocycles. The second kappa shape index (κ2) is 8.82. The van der Waals surface area contributed by atoms with Crippen LogP contribution in [-0.2, 0) is 11.3 Å². The van der Waals surface area contributed by atoms with Crippen molar-refractivity contribution in [3.8, 4) is 0 Å². The monoisotopic (exact) mass is 394 g/mol. The molecule has 5 nitrogen and oxygen atoms in total. The van der Waals surface area contributed by atoms with Crippen molar-refractivity contribution >= 4 is 5.82 Å². The first-order valence-electron chi connectivity index (χ1n) is 10.9. The summed E-state index contributed by atoms with van der Waals surface area (Å²) in [4.78, 5) is 9.76. The molecule has 1 N–H and O–H groups in total. The minimum Gasteiger partial charge on any atom is -0.375 e. The summed E-state index contributed by atoms with van der Waals surface area (Å²) in [6.45, 7) is 11.7. The number of piperazine rings is 1. The van der Waals surface area contributed by atoms with Gasteiger partial charge in [-0.05, 0) is 44.4 Å². The van der Waals surface area contributed by atoms with Crippen LogP contribution >= 0.6 is 0 Å². The Labute approximate surface area is 175 Å². The Bertz CT molecular complexity index is 759. The van der Waals surface area contributed by atoms with Crippen molar-refractivity contribution in [2.45, 2.75) is 44.4 Å². The van der Waals surface area contributed by atoms with E-state index in [0.717, 1.165) is 64.5 Å². The van der Waals surface area contributed by atoms with Gasteiger partial charge in [0.15, 0.2) is 0 Å². The predicted molar refractivity (Wildman–Crippen MR) is 118 cm³/mol. The Balaban J connectivity index is 1.42. The van der Waals surface area contributed by atoms with Crippen molar-refractivity contribution in [3.63, 3.8) is 0 Å². The molecule has 0 spiro atoms. The Morgan fingerprint density at radius 1 is 1.00 bits per heavy atom. The summed E-state index contributed by atoms with van der Waals surface area (Å²) in [6, 6.07) is 16.9. The fourth-order valence-corrected chi connectivity index (χ4v) is 4.93. The summed E-state index contributed by atoms with van der Waals surface area (Å²) in [5.74, 6) is 0.957. The average Bonchev–Trinajstić information content (AvgIpc) is 2.74. The Hall–Kier alpha value is -1.95. The summed E-state index contributed by atoms with van der Waals surface area (Å²) >= 11 is 0. The number of anilines is 1. The lowest BCUT2D eigenvalue weighted by atomic mass is 9.79. The molecule has 0 radical (unpaired) electrons. The Kier molecular flexibility index (Phi) is 6.18.